The van der Waals surface area contributed by atoms with Gasteiger partial charge in [-0.1, -0.05) is 18.2 Å². The van der Waals surface area contributed by atoms with Crippen molar-refractivity contribution in [2.75, 3.05) is 13.2 Å². The van der Waals surface area contributed by atoms with E-state index in [-0.39, 0.29) is 18.4 Å². The molecule has 2 heterocycles. The van der Waals surface area contributed by atoms with Gasteiger partial charge in [0.05, 0.1) is 18.3 Å². The maximum absolute atomic E-state index is 13.0. The predicted molar refractivity (Wildman–Crippen MR) is 105 cm³/mol. The fourth-order valence-electron chi connectivity index (χ4n) is 5.75. The minimum atomic E-state index is -1.68. The van der Waals surface area contributed by atoms with Gasteiger partial charge in [-0.25, -0.2) is 4.79 Å². The molecule has 180 valence electrons. The Labute approximate surface area is 188 Å². The lowest BCUT2D eigenvalue weighted by Gasteiger charge is -2.63. The summed E-state index contributed by atoms with van der Waals surface area (Å²) < 4.78 is 22.6. The molecule has 6 rings (SSSR count). The zero-order valence-corrected chi connectivity index (χ0v) is 17.5. The summed E-state index contributed by atoms with van der Waals surface area (Å²) in [6, 6.07) is 8.20. The van der Waals surface area contributed by atoms with Crippen molar-refractivity contribution in [3.8, 4) is 0 Å². The van der Waals surface area contributed by atoms with Gasteiger partial charge in [0, 0.05) is 12.3 Å². The van der Waals surface area contributed by atoms with E-state index < -0.39 is 85.0 Å². The third kappa shape index (κ3) is 3.08. The van der Waals surface area contributed by atoms with Crippen LogP contribution in [0.1, 0.15) is 23.2 Å². The molecule has 11 nitrogen and oxygen atoms in total. The molecule has 33 heavy (non-hydrogen) atoms. The highest BCUT2D eigenvalue weighted by Crippen LogP contribution is 2.69. The SMILES string of the molecule is O=C(OC[C@@]12C(=O)O[C@H]3C[C@H](O)[C@@H]1C[C@]32O[C@@H]1O[C@H](CO)[C@@H](O)[C@H](O)[C@H]1O)c1ccccc1. The summed E-state index contributed by atoms with van der Waals surface area (Å²) in [6.07, 6.45) is -9.14. The number of hydrogen-bond acceptors (Lipinski definition) is 11. The summed E-state index contributed by atoms with van der Waals surface area (Å²) in [4.78, 5) is 25.6. The van der Waals surface area contributed by atoms with Crippen LogP contribution in [-0.4, -0.2) is 99.2 Å². The van der Waals surface area contributed by atoms with Crippen LogP contribution >= 0.6 is 0 Å². The predicted octanol–water partition coefficient (Wildman–Crippen LogP) is -1.90. The van der Waals surface area contributed by atoms with Crippen LogP contribution in [0.25, 0.3) is 0 Å². The van der Waals surface area contributed by atoms with E-state index in [4.69, 9.17) is 18.9 Å². The van der Waals surface area contributed by atoms with Gasteiger partial charge in [0.15, 0.2) is 6.29 Å². The molecular formula is C22H26O11. The number of rotatable bonds is 6. The average molecular weight is 466 g/mol. The third-order valence-corrected chi connectivity index (χ3v) is 7.58. The number of aliphatic hydroxyl groups excluding tert-OH is 5. The Hall–Kier alpha value is -2.12. The van der Waals surface area contributed by atoms with Crippen molar-refractivity contribution in [2.24, 2.45) is 11.3 Å². The second-order valence-corrected chi connectivity index (χ2v) is 9.13. The van der Waals surface area contributed by atoms with Gasteiger partial charge in [-0.05, 0) is 18.6 Å². The molecule has 3 saturated carbocycles. The number of benzene rings is 1. The number of hydrogen-bond donors (Lipinski definition) is 5. The first-order valence-corrected chi connectivity index (χ1v) is 10.8. The van der Waals surface area contributed by atoms with E-state index >= 15 is 0 Å². The summed E-state index contributed by atoms with van der Waals surface area (Å²) in [6.45, 7) is -1.06. The smallest absolute Gasteiger partial charge is 0.338 e. The lowest BCUT2D eigenvalue weighted by atomic mass is 9.44. The minimum absolute atomic E-state index is 0.0855. The highest BCUT2D eigenvalue weighted by molar-refractivity contribution is 5.90. The molecule has 0 aromatic heterocycles. The van der Waals surface area contributed by atoms with E-state index in [1.165, 1.54) is 0 Å². The zero-order valence-electron chi connectivity index (χ0n) is 17.5. The Kier molecular flexibility index (Phi) is 5.48. The molecule has 2 aliphatic heterocycles. The Balaban J connectivity index is 1.42. The number of carbonyl (C=O) groups is 2. The second kappa shape index (κ2) is 7.98. The van der Waals surface area contributed by atoms with Crippen LogP contribution in [-0.2, 0) is 23.7 Å². The van der Waals surface area contributed by atoms with E-state index in [9.17, 15) is 35.1 Å². The van der Waals surface area contributed by atoms with Crippen molar-refractivity contribution in [2.45, 2.75) is 61.4 Å². The Morgan fingerprint density at radius 1 is 1.09 bits per heavy atom. The Morgan fingerprint density at radius 3 is 2.52 bits per heavy atom. The van der Waals surface area contributed by atoms with E-state index in [0.717, 1.165) is 0 Å². The number of fused-ring (bicyclic) bond motifs is 1. The number of aliphatic hydroxyl groups is 5. The van der Waals surface area contributed by atoms with Crippen molar-refractivity contribution in [1.29, 1.82) is 0 Å². The van der Waals surface area contributed by atoms with Gasteiger partial charge >= 0.3 is 11.9 Å². The first kappa shape index (κ1) is 22.7. The van der Waals surface area contributed by atoms with Crippen LogP contribution in [0, 0.1) is 11.3 Å². The third-order valence-electron chi connectivity index (χ3n) is 7.58. The maximum Gasteiger partial charge on any atom is 0.338 e. The first-order valence-electron chi connectivity index (χ1n) is 10.8. The Bertz CT molecular complexity index is 922. The van der Waals surface area contributed by atoms with Crippen LogP contribution in [0.15, 0.2) is 30.3 Å². The van der Waals surface area contributed by atoms with Gasteiger partial charge < -0.3 is 44.5 Å². The lowest BCUT2D eigenvalue weighted by molar-refractivity contribution is -0.381. The van der Waals surface area contributed by atoms with E-state index in [1.54, 1.807) is 30.3 Å². The molecule has 3 aliphatic carbocycles. The van der Waals surface area contributed by atoms with Crippen LogP contribution in [0.4, 0.5) is 0 Å². The standard InChI is InChI=1S/C22H26O11/c23-8-13-15(25)16(26)17(27)19(31-13)33-22-7-11-12(24)6-14(22)32-20(29)21(11,22)9-30-18(28)10-4-2-1-3-5-10/h1-5,11-17,19,23-27H,6-9H2/t11-,12-,13+,14-,15+,16-,17+,19-,21-,22-/m0/s1. The topological polar surface area (TPSA) is 172 Å². The molecule has 0 amide bonds. The number of carbonyl (C=O) groups excluding carboxylic acids is 2. The highest BCUT2D eigenvalue weighted by Gasteiger charge is 2.84. The van der Waals surface area contributed by atoms with Gasteiger partial charge in [0.25, 0.3) is 0 Å². The molecule has 1 aromatic carbocycles. The monoisotopic (exact) mass is 466 g/mol. The van der Waals surface area contributed by atoms with Crippen LogP contribution in [0.3, 0.4) is 0 Å². The summed E-state index contributed by atoms with van der Waals surface area (Å²) >= 11 is 0. The molecule has 2 saturated heterocycles. The average Bonchev–Trinajstić information content (AvgIpc) is 2.90. The first-order chi connectivity index (χ1) is 15.7. The maximum atomic E-state index is 13.0. The largest absolute Gasteiger partial charge is 0.461 e. The molecule has 0 unspecified atom stereocenters. The van der Waals surface area contributed by atoms with Crippen molar-refractivity contribution in [3.05, 3.63) is 35.9 Å². The fourth-order valence-corrected chi connectivity index (χ4v) is 5.75. The van der Waals surface area contributed by atoms with E-state index in [2.05, 4.69) is 0 Å². The van der Waals surface area contributed by atoms with Gasteiger partial charge in [-0.3, -0.25) is 4.79 Å². The Morgan fingerprint density at radius 2 is 1.82 bits per heavy atom. The van der Waals surface area contributed by atoms with Crippen molar-refractivity contribution >= 4 is 11.9 Å². The van der Waals surface area contributed by atoms with Crippen LogP contribution in [0.2, 0.25) is 0 Å². The highest BCUT2D eigenvalue weighted by atomic mass is 16.7. The minimum Gasteiger partial charge on any atom is -0.461 e. The normalized spacial score (nSPS) is 45.8. The van der Waals surface area contributed by atoms with Crippen molar-refractivity contribution in [1.82, 2.24) is 0 Å². The summed E-state index contributed by atoms with van der Waals surface area (Å²) in [5.41, 5.74) is -2.64. The molecule has 5 N–H and O–H groups in total. The van der Waals surface area contributed by atoms with Gasteiger partial charge in [0.1, 0.15) is 48.1 Å². The summed E-state index contributed by atoms with van der Waals surface area (Å²) in [5, 5.41) is 50.6. The molecule has 11 heteroatoms. The molecule has 0 spiro atoms. The molecule has 0 radical (unpaired) electrons. The number of esters is 2. The number of ether oxygens (including phenoxy) is 4. The molecule has 5 aliphatic rings. The fraction of sp³-hybridized carbons (Fsp3) is 0.636. The van der Waals surface area contributed by atoms with Gasteiger partial charge in [-0.2, -0.15) is 0 Å². The quantitative estimate of drug-likeness (QED) is 0.296. The lowest BCUT2D eigenvalue weighted by Crippen LogP contribution is -2.77. The molecule has 1 aromatic rings. The van der Waals surface area contributed by atoms with Gasteiger partial charge in [-0.15, -0.1) is 0 Å². The molecule has 5 fully saturated rings. The molecule has 10 atom stereocenters. The molecule has 4 bridgehead atoms. The van der Waals surface area contributed by atoms with Gasteiger partial charge in [0.2, 0.25) is 0 Å². The van der Waals surface area contributed by atoms with Crippen LogP contribution in [0.5, 0.6) is 0 Å². The summed E-state index contributed by atoms with van der Waals surface area (Å²) in [5.74, 6) is -1.97. The second-order valence-electron chi connectivity index (χ2n) is 9.13. The summed E-state index contributed by atoms with van der Waals surface area (Å²) in [7, 11) is 0. The van der Waals surface area contributed by atoms with Crippen molar-refractivity contribution < 1.29 is 54.1 Å². The molecular weight excluding hydrogens is 440 g/mol. The van der Waals surface area contributed by atoms with Crippen molar-refractivity contribution in [3.63, 3.8) is 0 Å². The van der Waals surface area contributed by atoms with Crippen LogP contribution < -0.4 is 0 Å². The van der Waals surface area contributed by atoms with E-state index in [1.807, 2.05) is 0 Å². The van der Waals surface area contributed by atoms with E-state index in [0.29, 0.717) is 0 Å². The zero-order chi connectivity index (χ0) is 23.5.